The highest BCUT2D eigenvalue weighted by molar-refractivity contribution is 6.37. The summed E-state index contributed by atoms with van der Waals surface area (Å²) in [4.78, 5) is 56.2. The van der Waals surface area contributed by atoms with Crippen molar-refractivity contribution in [2.75, 3.05) is 4.90 Å². The first-order valence-corrected chi connectivity index (χ1v) is 12.3. The second-order valence-electron chi connectivity index (χ2n) is 9.24. The average molecular weight is 532 g/mol. The molecule has 3 aliphatic heterocycles. The summed E-state index contributed by atoms with van der Waals surface area (Å²) in [7, 11) is 0. The number of fused-ring (bicyclic) bond motifs is 5. The molecule has 0 radical (unpaired) electrons. The third-order valence-electron chi connectivity index (χ3n) is 7.34. The average Bonchev–Trinajstić information content (AvgIpc) is 3.36. The minimum Gasteiger partial charge on any atom is -0.366 e. The zero-order valence-electron chi connectivity index (χ0n) is 19.2. The van der Waals surface area contributed by atoms with Crippen molar-refractivity contribution in [2.24, 2.45) is 17.6 Å². The zero-order valence-corrected chi connectivity index (χ0v) is 20.7. The van der Waals surface area contributed by atoms with E-state index < -0.39 is 41.6 Å². The third-order valence-corrected chi connectivity index (χ3v) is 7.88. The van der Waals surface area contributed by atoms with Crippen LogP contribution in [0.15, 0.2) is 72.9 Å². The monoisotopic (exact) mass is 531 g/mol. The number of benzene rings is 3. The van der Waals surface area contributed by atoms with Crippen molar-refractivity contribution in [2.45, 2.75) is 12.1 Å². The topological polar surface area (TPSA) is 101 Å². The third kappa shape index (κ3) is 3.49. The number of rotatable bonds is 4. The van der Waals surface area contributed by atoms with Gasteiger partial charge in [-0.25, -0.2) is 4.90 Å². The fraction of sp³-hybridized carbons (Fsp3) is 0.143. The van der Waals surface area contributed by atoms with Crippen LogP contribution in [0.25, 0.3) is 6.08 Å². The number of Topliss-reactive ketones (excluding diaryl/α,β-unsaturated/α-hetero) is 1. The molecule has 0 spiro atoms. The van der Waals surface area contributed by atoms with Crippen LogP contribution in [-0.4, -0.2) is 34.4 Å². The van der Waals surface area contributed by atoms with Gasteiger partial charge in [0.25, 0.3) is 0 Å². The van der Waals surface area contributed by atoms with Crippen LogP contribution in [0.5, 0.6) is 0 Å². The van der Waals surface area contributed by atoms with Crippen molar-refractivity contribution in [3.63, 3.8) is 0 Å². The van der Waals surface area contributed by atoms with Crippen LogP contribution < -0.4 is 10.6 Å². The number of anilines is 1. The molecular weight excluding hydrogens is 513 g/mol. The van der Waals surface area contributed by atoms with Crippen molar-refractivity contribution in [3.05, 3.63) is 105 Å². The van der Waals surface area contributed by atoms with Crippen LogP contribution in [0.3, 0.4) is 0 Å². The molecule has 37 heavy (non-hydrogen) atoms. The van der Waals surface area contributed by atoms with Gasteiger partial charge in [-0.15, -0.1) is 0 Å². The van der Waals surface area contributed by atoms with Crippen LogP contribution >= 0.6 is 23.2 Å². The molecule has 4 atom stereocenters. The predicted octanol–water partition coefficient (Wildman–Crippen LogP) is 4.49. The van der Waals surface area contributed by atoms with E-state index >= 15 is 0 Å². The molecule has 2 N–H and O–H groups in total. The number of nitrogens with zero attached hydrogens (tertiary/aromatic N) is 2. The number of amides is 3. The van der Waals surface area contributed by atoms with Crippen molar-refractivity contribution in [1.29, 1.82) is 0 Å². The van der Waals surface area contributed by atoms with E-state index in [2.05, 4.69) is 0 Å². The lowest BCUT2D eigenvalue weighted by atomic mass is 9.83. The second kappa shape index (κ2) is 8.57. The molecule has 3 aromatic rings. The Balaban J connectivity index is 1.48. The first kappa shape index (κ1) is 23.5. The van der Waals surface area contributed by atoms with Gasteiger partial charge in [0.1, 0.15) is 6.04 Å². The Labute approximate surface area is 222 Å². The van der Waals surface area contributed by atoms with Gasteiger partial charge in [-0.3, -0.25) is 19.2 Å². The van der Waals surface area contributed by atoms with E-state index in [1.165, 1.54) is 30.3 Å². The molecule has 3 aliphatic rings. The normalized spacial score (nSPS) is 23.6. The van der Waals surface area contributed by atoms with E-state index in [0.29, 0.717) is 10.7 Å². The number of ketones is 1. The number of imide groups is 1. The summed E-state index contributed by atoms with van der Waals surface area (Å²) in [5.74, 6) is -3.60. The van der Waals surface area contributed by atoms with Gasteiger partial charge in [0.05, 0.1) is 28.6 Å². The Morgan fingerprint density at radius 2 is 1.57 bits per heavy atom. The van der Waals surface area contributed by atoms with E-state index in [1.807, 2.05) is 35.2 Å². The van der Waals surface area contributed by atoms with Gasteiger partial charge in [0.2, 0.25) is 17.7 Å². The van der Waals surface area contributed by atoms with Crippen LogP contribution in [0, 0.1) is 11.8 Å². The highest BCUT2D eigenvalue weighted by Crippen LogP contribution is 2.54. The quantitative estimate of drug-likeness (QED) is 0.394. The SMILES string of the molecule is NC(=O)c1ccc(N2C(=O)C3C(C2=O)C2c4ccccc4C=CN2C3C(=O)c2ccc(Cl)cc2Cl)cc1. The van der Waals surface area contributed by atoms with Crippen molar-refractivity contribution >= 4 is 58.5 Å². The number of carbonyl (C=O) groups excluding carboxylic acids is 4. The highest BCUT2D eigenvalue weighted by Gasteiger charge is 2.64. The summed E-state index contributed by atoms with van der Waals surface area (Å²) in [5, 5.41) is 0.558. The Hall–Kier alpha value is -3.94. The molecule has 3 amide bonds. The summed E-state index contributed by atoms with van der Waals surface area (Å²) >= 11 is 12.4. The van der Waals surface area contributed by atoms with E-state index in [0.717, 1.165) is 16.0 Å². The maximum absolute atomic E-state index is 14.0. The minimum absolute atomic E-state index is 0.176. The molecule has 2 saturated heterocycles. The second-order valence-corrected chi connectivity index (χ2v) is 10.1. The standard InChI is InChI=1S/C28H19Cl2N3O4/c29-16-7-10-19(20(30)13-16)25(34)24-22-21(23-18-4-2-1-3-14(18)11-12-32(23)24)27(36)33(28(22)37)17-8-5-15(6-9-17)26(31)35/h1-13,21-24H,(H2,31,35). The largest absolute Gasteiger partial charge is 0.366 e. The highest BCUT2D eigenvalue weighted by atomic mass is 35.5. The molecule has 9 heteroatoms. The number of primary amides is 1. The molecule has 6 rings (SSSR count). The lowest BCUT2D eigenvalue weighted by Gasteiger charge is -2.35. The molecule has 2 fully saturated rings. The number of hydrogen-bond donors (Lipinski definition) is 1. The lowest BCUT2D eigenvalue weighted by molar-refractivity contribution is -0.123. The fourth-order valence-corrected chi connectivity index (χ4v) is 6.24. The summed E-state index contributed by atoms with van der Waals surface area (Å²) in [6, 6.07) is 16.7. The number of nitrogens with two attached hydrogens (primary N) is 1. The Kier molecular flexibility index (Phi) is 5.44. The summed E-state index contributed by atoms with van der Waals surface area (Å²) in [5.41, 5.74) is 7.93. The summed E-state index contributed by atoms with van der Waals surface area (Å²) in [6.45, 7) is 0. The van der Waals surface area contributed by atoms with E-state index in [9.17, 15) is 19.2 Å². The molecule has 7 nitrogen and oxygen atoms in total. The number of carbonyl (C=O) groups is 4. The van der Waals surface area contributed by atoms with Crippen LogP contribution in [0.1, 0.15) is 37.9 Å². The fourth-order valence-electron chi connectivity index (χ4n) is 5.74. The van der Waals surface area contributed by atoms with Gasteiger partial charge in [0, 0.05) is 22.3 Å². The van der Waals surface area contributed by atoms with Gasteiger partial charge < -0.3 is 10.6 Å². The molecule has 0 aliphatic carbocycles. The minimum atomic E-state index is -0.954. The Morgan fingerprint density at radius 3 is 2.27 bits per heavy atom. The van der Waals surface area contributed by atoms with Crippen LogP contribution in [0.4, 0.5) is 5.69 Å². The maximum Gasteiger partial charge on any atom is 0.248 e. The van der Waals surface area contributed by atoms with Gasteiger partial charge in [0.15, 0.2) is 5.78 Å². The molecule has 0 bridgehead atoms. The zero-order chi connectivity index (χ0) is 26.0. The molecule has 3 heterocycles. The molecule has 0 aromatic heterocycles. The van der Waals surface area contributed by atoms with Crippen molar-refractivity contribution < 1.29 is 19.2 Å². The first-order chi connectivity index (χ1) is 17.8. The van der Waals surface area contributed by atoms with Crippen molar-refractivity contribution in [3.8, 4) is 0 Å². The smallest absolute Gasteiger partial charge is 0.248 e. The number of hydrogen-bond acceptors (Lipinski definition) is 5. The molecule has 3 aromatic carbocycles. The Bertz CT molecular complexity index is 1530. The van der Waals surface area contributed by atoms with E-state index in [1.54, 1.807) is 18.3 Å². The number of halogens is 2. The summed E-state index contributed by atoms with van der Waals surface area (Å²) < 4.78 is 0. The first-order valence-electron chi connectivity index (χ1n) is 11.6. The van der Waals surface area contributed by atoms with E-state index in [-0.39, 0.29) is 21.9 Å². The molecule has 184 valence electrons. The van der Waals surface area contributed by atoms with Gasteiger partial charge in [-0.1, -0.05) is 47.5 Å². The van der Waals surface area contributed by atoms with Crippen LogP contribution in [0.2, 0.25) is 10.0 Å². The molecular formula is C28H19Cl2N3O4. The van der Waals surface area contributed by atoms with Gasteiger partial charge in [-0.05, 0) is 59.7 Å². The predicted molar refractivity (Wildman–Crippen MR) is 139 cm³/mol. The summed E-state index contributed by atoms with van der Waals surface area (Å²) in [6.07, 6.45) is 3.66. The van der Waals surface area contributed by atoms with Crippen molar-refractivity contribution in [1.82, 2.24) is 4.90 Å². The van der Waals surface area contributed by atoms with E-state index in [4.69, 9.17) is 28.9 Å². The van der Waals surface area contributed by atoms with Gasteiger partial charge in [-0.2, -0.15) is 0 Å². The van der Waals surface area contributed by atoms with Crippen LogP contribution in [-0.2, 0) is 9.59 Å². The molecule has 4 unspecified atom stereocenters. The lowest BCUT2D eigenvalue weighted by Crippen LogP contribution is -2.44. The Morgan fingerprint density at radius 1 is 0.865 bits per heavy atom. The molecule has 0 saturated carbocycles. The van der Waals surface area contributed by atoms with Gasteiger partial charge >= 0.3 is 0 Å². The maximum atomic E-state index is 14.0.